The van der Waals surface area contributed by atoms with Crippen LogP contribution in [-0.4, -0.2) is 39.9 Å². The fourth-order valence-electron chi connectivity index (χ4n) is 2.61. The first kappa shape index (κ1) is 15.0. The molecule has 7 nitrogen and oxygen atoms in total. The zero-order valence-corrected chi connectivity index (χ0v) is 11.6. The number of nitrogens with zero attached hydrogens (tertiary/aromatic N) is 2. The molecule has 1 heterocycles. The van der Waals surface area contributed by atoms with Gasteiger partial charge in [-0.3, -0.25) is 19.7 Å². The zero-order valence-electron chi connectivity index (χ0n) is 11.6. The smallest absolute Gasteiger partial charge is 0.308 e. The Labute approximate surface area is 121 Å². The van der Waals surface area contributed by atoms with Crippen molar-refractivity contribution in [2.45, 2.75) is 19.8 Å². The highest BCUT2D eigenvalue weighted by Gasteiger charge is 2.32. The van der Waals surface area contributed by atoms with Crippen molar-refractivity contribution >= 4 is 17.6 Å². The van der Waals surface area contributed by atoms with Crippen molar-refractivity contribution in [2.24, 2.45) is 5.92 Å². The lowest BCUT2D eigenvalue weighted by atomic mass is 9.97. The van der Waals surface area contributed by atoms with Gasteiger partial charge in [-0.15, -0.1) is 0 Å². The fraction of sp³-hybridized carbons (Fsp3) is 0.429. The van der Waals surface area contributed by atoms with Crippen molar-refractivity contribution < 1.29 is 19.6 Å². The van der Waals surface area contributed by atoms with E-state index in [0.29, 0.717) is 24.9 Å². The Bertz CT molecular complexity index is 599. The topological polar surface area (TPSA) is 101 Å². The molecule has 1 aliphatic heterocycles. The molecule has 112 valence electrons. The molecular weight excluding hydrogens is 276 g/mol. The van der Waals surface area contributed by atoms with Gasteiger partial charge in [0.2, 0.25) is 0 Å². The van der Waals surface area contributed by atoms with E-state index in [0.717, 1.165) is 0 Å². The van der Waals surface area contributed by atoms with Crippen molar-refractivity contribution in [2.75, 3.05) is 13.1 Å². The van der Waals surface area contributed by atoms with Gasteiger partial charge >= 0.3 is 5.97 Å². The van der Waals surface area contributed by atoms with Gasteiger partial charge in [0.15, 0.2) is 0 Å². The minimum absolute atomic E-state index is 0.0195. The normalized spacial score (nSPS) is 18.3. The Morgan fingerprint density at radius 1 is 1.43 bits per heavy atom. The molecule has 2 rings (SSSR count). The first-order chi connectivity index (χ1) is 9.91. The molecule has 1 amide bonds. The molecule has 0 saturated carbocycles. The second kappa shape index (κ2) is 5.90. The second-order valence-corrected chi connectivity index (χ2v) is 5.16. The number of nitro groups is 1. The lowest BCUT2D eigenvalue weighted by Gasteiger charge is -2.30. The van der Waals surface area contributed by atoms with E-state index in [2.05, 4.69) is 0 Å². The molecule has 1 aliphatic rings. The van der Waals surface area contributed by atoms with Gasteiger partial charge in [-0.2, -0.15) is 0 Å². The van der Waals surface area contributed by atoms with E-state index >= 15 is 0 Å². The molecule has 1 N–H and O–H groups in total. The van der Waals surface area contributed by atoms with Crippen LogP contribution in [0.15, 0.2) is 18.2 Å². The minimum Gasteiger partial charge on any atom is -0.481 e. The number of hydrogen-bond acceptors (Lipinski definition) is 4. The third-order valence-electron chi connectivity index (χ3n) is 3.71. The fourth-order valence-corrected chi connectivity index (χ4v) is 2.61. The minimum atomic E-state index is -0.939. The highest BCUT2D eigenvalue weighted by atomic mass is 16.6. The van der Waals surface area contributed by atoms with Crippen LogP contribution in [0.5, 0.6) is 0 Å². The van der Waals surface area contributed by atoms with Gasteiger partial charge in [0.05, 0.1) is 10.8 Å². The number of carboxylic acid groups (broad SMARTS) is 1. The number of hydrogen-bond donors (Lipinski definition) is 1. The van der Waals surface area contributed by atoms with Gasteiger partial charge in [-0.05, 0) is 25.8 Å². The molecule has 7 heteroatoms. The number of nitro benzene ring substituents is 1. The highest BCUT2D eigenvalue weighted by Crippen LogP contribution is 2.26. The van der Waals surface area contributed by atoms with Gasteiger partial charge < -0.3 is 10.0 Å². The molecule has 0 aromatic heterocycles. The third-order valence-corrected chi connectivity index (χ3v) is 3.71. The number of benzene rings is 1. The maximum atomic E-state index is 12.5. The van der Waals surface area contributed by atoms with Crippen molar-refractivity contribution in [1.82, 2.24) is 4.90 Å². The van der Waals surface area contributed by atoms with Crippen LogP contribution < -0.4 is 0 Å². The van der Waals surface area contributed by atoms with Crippen LogP contribution in [0.1, 0.15) is 28.8 Å². The zero-order chi connectivity index (χ0) is 15.6. The summed E-state index contributed by atoms with van der Waals surface area (Å²) in [5, 5.41) is 20.2. The van der Waals surface area contributed by atoms with E-state index in [1.807, 2.05) is 0 Å². The Kier molecular flexibility index (Phi) is 4.21. The summed E-state index contributed by atoms with van der Waals surface area (Å²) in [7, 11) is 0. The maximum absolute atomic E-state index is 12.5. The lowest BCUT2D eigenvalue weighted by Crippen LogP contribution is -2.42. The summed E-state index contributed by atoms with van der Waals surface area (Å²) >= 11 is 0. The molecule has 0 bridgehead atoms. The number of aryl methyl sites for hydroxylation is 1. The monoisotopic (exact) mass is 292 g/mol. The summed E-state index contributed by atoms with van der Waals surface area (Å²) in [6, 6.07) is 4.58. The van der Waals surface area contributed by atoms with Crippen LogP contribution in [0.3, 0.4) is 0 Å². The Morgan fingerprint density at radius 3 is 2.76 bits per heavy atom. The summed E-state index contributed by atoms with van der Waals surface area (Å²) in [6.45, 7) is 2.10. The molecule has 0 spiro atoms. The van der Waals surface area contributed by atoms with Crippen LogP contribution >= 0.6 is 0 Å². The molecule has 0 aliphatic carbocycles. The molecule has 1 fully saturated rings. The molecular formula is C14H16N2O5. The summed E-state index contributed by atoms with van der Waals surface area (Å²) in [5.74, 6) is -2.02. The Balaban J connectivity index is 2.30. The number of amides is 1. The Morgan fingerprint density at radius 2 is 2.14 bits per heavy atom. The Hall–Kier alpha value is -2.44. The number of likely N-dealkylation sites (tertiary alicyclic amines) is 1. The number of rotatable bonds is 3. The van der Waals surface area contributed by atoms with Crippen LogP contribution in [0, 0.1) is 23.0 Å². The van der Waals surface area contributed by atoms with Gasteiger partial charge in [0.1, 0.15) is 5.56 Å². The van der Waals surface area contributed by atoms with Gasteiger partial charge in [0, 0.05) is 18.7 Å². The van der Waals surface area contributed by atoms with E-state index in [-0.39, 0.29) is 17.8 Å². The average Bonchev–Trinajstić information content (AvgIpc) is 2.45. The van der Waals surface area contributed by atoms with Crippen molar-refractivity contribution in [1.29, 1.82) is 0 Å². The predicted molar refractivity (Wildman–Crippen MR) is 74.1 cm³/mol. The average molecular weight is 292 g/mol. The van der Waals surface area contributed by atoms with Crippen LogP contribution in [0.4, 0.5) is 5.69 Å². The third kappa shape index (κ3) is 3.01. The summed E-state index contributed by atoms with van der Waals surface area (Å²) in [4.78, 5) is 35.5. The number of para-hydroxylation sites is 1. The molecule has 1 aromatic carbocycles. The van der Waals surface area contributed by atoms with E-state index in [1.54, 1.807) is 19.1 Å². The largest absolute Gasteiger partial charge is 0.481 e. The van der Waals surface area contributed by atoms with E-state index in [1.165, 1.54) is 11.0 Å². The van der Waals surface area contributed by atoms with Crippen molar-refractivity contribution in [3.63, 3.8) is 0 Å². The number of aliphatic carboxylic acids is 1. The molecule has 1 saturated heterocycles. The van der Waals surface area contributed by atoms with Crippen molar-refractivity contribution in [3.05, 3.63) is 39.4 Å². The summed E-state index contributed by atoms with van der Waals surface area (Å²) in [5.41, 5.74) is 0.226. The van der Waals surface area contributed by atoms with Gasteiger partial charge in [-0.1, -0.05) is 12.1 Å². The quantitative estimate of drug-likeness (QED) is 0.676. The number of carbonyl (C=O) groups is 2. The molecule has 1 aromatic rings. The van der Waals surface area contributed by atoms with Crippen LogP contribution in [0.2, 0.25) is 0 Å². The first-order valence-electron chi connectivity index (χ1n) is 6.68. The molecule has 1 atom stereocenters. The molecule has 0 radical (unpaired) electrons. The first-order valence-corrected chi connectivity index (χ1v) is 6.68. The SMILES string of the molecule is Cc1cccc(C(=O)N2CCC[C@H](C(=O)O)C2)c1[N+](=O)[O-]. The van der Waals surface area contributed by atoms with E-state index in [4.69, 9.17) is 5.11 Å². The molecule has 0 unspecified atom stereocenters. The number of piperidine rings is 1. The maximum Gasteiger partial charge on any atom is 0.308 e. The van der Waals surface area contributed by atoms with Crippen LogP contribution in [0.25, 0.3) is 0 Å². The van der Waals surface area contributed by atoms with Gasteiger partial charge in [0.25, 0.3) is 11.6 Å². The van der Waals surface area contributed by atoms with Crippen LogP contribution in [-0.2, 0) is 4.79 Å². The second-order valence-electron chi connectivity index (χ2n) is 5.16. The standard InChI is InChI=1S/C14H16N2O5/c1-9-4-2-6-11(12(9)16(20)21)13(17)15-7-3-5-10(8-15)14(18)19/h2,4,6,10H,3,5,7-8H2,1H3,(H,18,19)/t10-/m0/s1. The number of carbonyl (C=O) groups excluding carboxylic acids is 1. The lowest BCUT2D eigenvalue weighted by molar-refractivity contribution is -0.385. The molecule has 21 heavy (non-hydrogen) atoms. The van der Waals surface area contributed by atoms with Crippen molar-refractivity contribution in [3.8, 4) is 0 Å². The highest BCUT2D eigenvalue weighted by molar-refractivity contribution is 5.99. The van der Waals surface area contributed by atoms with Gasteiger partial charge in [-0.25, -0.2) is 0 Å². The number of carboxylic acids is 1. The predicted octanol–water partition coefficient (Wildman–Crippen LogP) is 1.84. The van der Waals surface area contributed by atoms with E-state index in [9.17, 15) is 19.7 Å². The summed E-state index contributed by atoms with van der Waals surface area (Å²) < 4.78 is 0. The van der Waals surface area contributed by atoms with E-state index < -0.39 is 22.7 Å². The summed E-state index contributed by atoms with van der Waals surface area (Å²) in [6.07, 6.45) is 1.11.